The van der Waals surface area contributed by atoms with E-state index in [0.29, 0.717) is 25.6 Å². The number of hydrogen-bond acceptors (Lipinski definition) is 5. The topological polar surface area (TPSA) is 102 Å². The van der Waals surface area contributed by atoms with Crippen molar-refractivity contribution >= 4 is 17.7 Å². The molecule has 2 amide bonds. The van der Waals surface area contributed by atoms with Crippen LogP contribution in [-0.4, -0.2) is 48.6 Å². The summed E-state index contributed by atoms with van der Waals surface area (Å²) in [5.74, 6) is 0.228. The molecule has 8 nitrogen and oxygen atoms in total. The summed E-state index contributed by atoms with van der Waals surface area (Å²) >= 11 is 0. The van der Waals surface area contributed by atoms with Gasteiger partial charge in [0.15, 0.2) is 0 Å². The Hall–Kier alpha value is -2.64. The number of carbonyl (C=O) groups excluding carboxylic acids is 2. The predicted molar refractivity (Wildman–Crippen MR) is 86.5 cm³/mol. The van der Waals surface area contributed by atoms with Gasteiger partial charge in [-0.1, -0.05) is 12.1 Å². The summed E-state index contributed by atoms with van der Waals surface area (Å²) in [5.41, 5.74) is 0.745. The largest absolute Gasteiger partial charge is 0.453 e. The Bertz CT molecular complexity index is 594. The fourth-order valence-electron chi connectivity index (χ4n) is 2.69. The fourth-order valence-corrected chi connectivity index (χ4v) is 2.69. The molecule has 130 valence electrons. The van der Waals surface area contributed by atoms with Gasteiger partial charge in [-0.25, -0.2) is 4.79 Å². The van der Waals surface area contributed by atoms with Crippen molar-refractivity contribution in [1.29, 1.82) is 0 Å². The highest BCUT2D eigenvalue weighted by molar-refractivity contribution is 5.78. The first kappa shape index (κ1) is 17.7. The molecule has 8 heteroatoms. The van der Waals surface area contributed by atoms with Gasteiger partial charge in [-0.3, -0.25) is 14.9 Å². The van der Waals surface area contributed by atoms with Crippen LogP contribution in [0.25, 0.3) is 0 Å². The third-order valence-corrected chi connectivity index (χ3v) is 4.15. The van der Waals surface area contributed by atoms with Crippen LogP contribution in [-0.2, 0) is 16.0 Å². The second-order valence-electron chi connectivity index (χ2n) is 5.80. The molecule has 0 radical (unpaired) electrons. The normalized spacial score (nSPS) is 15.0. The van der Waals surface area contributed by atoms with E-state index in [1.165, 1.54) is 19.2 Å². The van der Waals surface area contributed by atoms with E-state index in [1.54, 1.807) is 17.0 Å². The average Bonchev–Trinajstić information content (AvgIpc) is 2.60. The van der Waals surface area contributed by atoms with Gasteiger partial charge < -0.3 is 15.0 Å². The summed E-state index contributed by atoms with van der Waals surface area (Å²) in [7, 11) is 1.37. The van der Waals surface area contributed by atoms with Crippen LogP contribution >= 0.6 is 0 Å². The Balaban J connectivity index is 1.72. The van der Waals surface area contributed by atoms with Crippen molar-refractivity contribution in [3.63, 3.8) is 0 Å². The van der Waals surface area contributed by atoms with Crippen LogP contribution in [0, 0.1) is 16.0 Å². The van der Waals surface area contributed by atoms with Crippen LogP contribution in [0.15, 0.2) is 24.3 Å². The van der Waals surface area contributed by atoms with Crippen molar-refractivity contribution in [2.45, 2.75) is 19.3 Å². The molecule has 24 heavy (non-hydrogen) atoms. The van der Waals surface area contributed by atoms with Gasteiger partial charge >= 0.3 is 6.09 Å². The third-order valence-electron chi connectivity index (χ3n) is 4.15. The summed E-state index contributed by atoms with van der Waals surface area (Å²) in [6.45, 7) is 1.84. The standard InChI is InChI=1S/C16H21N3O5/c1-24-16(21)18-8-6-13(7-9-18)11-17-15(20)10-12-2-4-14(5-3-12)19(22)23/h2-5,13H,6-11H2,1H3,(H,17,20). The van der Waals surface area contributed by atoms with Gasteiger partial charge in [-0.2, -0.15) is 0 Å². The summed E-state index contributed by atoms with van der Waals surface area (Å²) in [6.07, 6.45) is 1.54. The van der Waals surface area contributed by atoms with Crippen molar-refractivity contribution in [3.8, 4) is 0 Å². The number of amides is 2. The highest BCUT2D eigenvalue weighted by Crippen LogP contribution is 2.17. The van der Waals surface area contributed by atoms with Crippen LogP contribution in [0.3, 0.4) is 0 Å². The molecule has 1 fully saturated rings. The second kappa shape index (κ2) is 8.28. The Labute approximate surface area is 139 Å². The van der Waals surface area contributed by atoms with Crippen LogP contribution in [0.5, 0.6) is 0 Å². The maximum atomic E-state index is 12.0. The van der Waals surface area contributed by atoms with Crippen LogP contribution in [0.4, 0.5) is 10.5 Å². The number of nitrogens with one attached hydrogen (secondary N) is 1. The molecule has 2 rings (SSSR count). The summed E-state index contributed by atoms with van der Waals surface area (Å²) in [5, 5.41) is 13.5. The molecule has 1 aromatic carbocycles. The van der Waals surface area contributed by atoms with E-state index in [9.17, 15) is 19.7 Å². The molecule has 0 bridgehead atoms. The molecular formula is C16H21N3O5. The summed E-state index contributed by atoms with van der Waals surface area (Å²) in [6, 6.07) is 5.97. The molecule has 1 aromatic rings. The lowest BCUT2D eigenvalue weighted by Crippen LogP contribution is -2.41. The number of non-ortho nitro benzene ring substituents is 1. The molecule has 0 atom stereocenters. The van der Waals surface area contributed by atoms with E-state index >= 15 is 0 Å². The molecule has 1 N–H and O–H groups in total. The van der Waals surface area contributed by atoms with Gasteiger partial charge in [0, 0.05) is 31.8 Å². The Kier molecular flexibility index (Phi) is 6.11. The number of rotatable bonds is 5. The smallest absolute Gasteiger partial charge is 0.409 e. The van der Waals surface area contributed by atoms with E-state index in [2.05, 4.69) is 10.1 Å². The number of nitro benzene ring substituents is 1. The van der Waals surface area contributed by atoms with Crippen LogP contribution < -0.4 is 5.32 Å². The highest BCUT2D eigenvalue weighted by atomic mass is 16.6. The Morgan fingerprint density at radius 2 is 1.92 bits per heavy atom. The molecule has 0 aromatic heterocycles. The maximum absolute atomic E-state index is 12.0. The maximum Gasteiger partial charge on any atom is 0.409 e. The van der Waals surface area contributed by atoms with Crippen molar-refractivity contribution < 1.29 is 19.2 Å². The zero-order chi connectivity index (χ0) is 17.5. The van der Waals surface area contributed by atoms with Crippen molar-refractivity contribution in [3.05, 3.63) is 39.9 Å². The van der Waals surface area contributed by atoms with E-state index < -0.39 is 4.92 Å². The zero-order valence-corrected chi connectivity index (χ0v) is 13.6. The molecular weight excluding hydrogens is 314 g/mol. The zero-order valence-electron chi connectivity index (χ0n) is 13.6. The lowest BCUT2D eigenvalue weighted by Gasteiger charge is -2.30. The Morgan fingerprint density at radius 3 is 2.46 bits per heavy atom. The molecule has 1 aliphatic heterocycles. The number of likely N-dealkylation sites (tertiary alicyclic amines) is 1. The quantitative estimate of drug-likeness (QED) is 0.652. The minimum absolute atomic E-state index is 0.0107. The minimum Gasteiger partial charge on any atom is -0.453 e. The van der Waals surface area contributed by atoms with Gasteiger partial charge in [0.25, 0.3) is 5.69 Å². The average molecular weight is 335 g/mol. The predicted octanol–water partition coefficient (Wildman–Crippen LogP) is 1.73. The minimum atomic E-state index is -0.468. The molecule has 1 saturated heterocycles. The van der Waals surface area contributed by atoms with Crippen molar-refractivity contribution in [2.24, 2.45) is 5.92 Å². The Morgan fingerprint density at radius 1 is 1.29 bits per heavy atom. The molecule has 1 aliphatic rings. The van der Waals surface area contributed by atoms with Crippen LogP contribution in [0.1, 0.15) is 18.4 Å². The molecule has 0 unspecified atom stereocenters. The van der Waals surface area contributed by atoms with Crippen molar-refractivity contribution in [1.82, 2.24) is 10.2 Å². The molecule has 0 saturated carbocycles. The fraction of sp³-hybridized carbons (Fsp3) is 0.500. The highest BCUT2D eigenvalue weighted by Gasteiger charge is 2.23. The van der Waals surface area contributed by atoms with Gasteiger partial charge in [-0.05, 0) is 24.3 Å². The van der Waals surface area contributed by atoms with E-state index in [1.807, 2.05) is 0 Å². The second-order valence-corrected chi connectivity index (χ2v) is 5.80. The number of nitro groups is 1. The van der Waals surface area contributed by atoms with Crippen molar-refractivity contribution in [2.75, 3.05) is 26.7 Å². The van der Waals surface area contributed by atoms with E-state index in [-0.39, 0.29) is 24.1 Å². The number of hydrogen-bond donors (Lipinski definition) is 1. The number of benzene rings is 1. The molecule has 0 aliphatic carbocycles. The summed E-state index contributed by atoms with van der Waals surface area (Å²) in [4.78, 5) is 35.1. The molecule has 0 spiro atoms. The first-order valence-electron chi connectivity index (χ1n) is 7.82. The van der Waals surface area contributed by atoms with Gasteiger partial charge in [0.1, 0.15) is 0 Å². The lowest BCUT2D eigenvalue weighted by atomic mass is 9.97. The third kappa shape index (κ3) is 4.94. The van der Waals surface area contributed by atoms with Crippen LogP contribution in [0.2, 0.25) is 0 Å². The lowest BCUT2D eigenvalue weighted by molar-refractivity contribution is -0.384. The number of piperidine rings is 1. The SMILES string of the molecule is COC(=O)N1CCC(CNC(=O)Cc2ccc([N+](=O)[O-])cc2)CC1. The number of ether oxygens (including phenoxy) is 1. The first-order valence-corrected chi connectivity index (χ1v) is 7.82. The van der Waals surface area contributed by atoms with E-state index in [0.717, 1.165) is 18.4 Å². The first-order chi connectivity index (χ1) is 11.5. The molecule has 1 heterocycles. The van der Waals surface area contributed by atoms with Gasteiger partial charge in [0.05, 0.1) is 18.5 Å². The number of methoxy groups -OCH3 is 1. The number of nitrogens with zero attached hydrogens (tertiary/aromatic N) is 2. The number of carbonyl (C=O) groups is 2. The summed E-state index contributed by atoms with van der Waals surface area (Å²) < 4.78 is 4.69. The van der Waals surface area contributed by atoms with Gasteiger partial charge in [0.2, 0.25) is 5.91 Å². The van der Waals surface area contributed by atoms with E-state index in [4.69, 9.17) is 0 Å². The monoisotopic (exact) mass is 335 g/mol. The van der Waals surface area contributed by atoms with Gasteiger partial charge in [-0.15, -0.1) is 0 Å².